The van der Waals surface area contributed by atoms with E-state index in [-0.39, 0.29) is 0 Å². The maximum atomic E-state index is 4.65. The maximum Gasteiger partial charge on any atom is 0.182 e. The first kappa shape index (κ1) is 28.0. The fourth-order valence-corrected chi connectivity index (χ4v) is 4.22. The second-order valence-corrected chi connectivity index (χ2v) is 8.82. The number of thioether (sulfide) groups is 1. The molecule has 0 saturated heterocycles. The molecule has 0 N–H and O–H groups in total. The summed E-state index contributed by atoms with van der Waals surface area (Å²) >= 11 is 10.8. The lowest BCUT2D eigenvalue weighted by Crippen LogP contribution is -2.27. The zero-order valence-corrected chi connectivity index (χ0v) is 23.1. The highest BCUT2D eigenvalue weighted by Gasteiger charge is 2.16. The molecule has 0 aliphatic heterocycles. The summed E-state index contributed by atoms with van der Waals surface area (Å²) in [5.74, 6) is 0. The van der Waals surface area contributed by atoms with Gasteiger partial charge in [-0.1, -0.05) is 42.5 Å². The summed E-state index contributed by atoms with van der Waals surface area (Å²) in [6, 6.07) is 18.1. The highest BCUT2D eigenvalue weighted by Crippen LogP contribution is 2.18. The number of benzene rings is 2. The van der Waals surface area contributed by atoms with Crippen molar-refractivity contribution in [1.82, 2.24) is 9.80 Å². The van der Waals surface area contributed by atoms with Crippen LogP contribution in [0.4, 0.5) is 0 Å². The monoisotopic (exact) mass is 514 g/mol. The molecule has 182 valence electrons. The van der Waals surface area contributed by atoms with Crippen molar-refractivity contribution in [3.63, 3.8) is 0 Å². The molecule has 0 saturated carbocycles. The van der Waals surface area contributed by atoms with E-state index in [9.17, 15) is 0 Å². The van der Waals surface area contributed by atoms with Crippen LogP contribution < -0.4 is 0 Å². The Kier molecular flexibility index (Phi) is 12.3. The SMILES string of the molecule is CCN(CC)/C(S)=N/N=C(/C(=N/N=C(\S)N(CC)CC)c1ccc(SC)cc1)c1ccccc1. The topological polar surface area (TPSA) is 55.9 Å². The van der Waals surface area contributed by atoms with Crippen molar-refractivity contribution >= 4 is 58.8 Å². The van der Waals surface area contributed by atoms with Crippen LogP contribution in [0.15, 0.2) is 79.9 Å². The van der Waals surface area contributed by atoms with Gasteiger partial charge in [-0.15, -0.1) is 57.4 Å². The molecule has 0 aliphatic rings. The Balaban J connectivity index is 2.71. The average Bonchev–Trinajstić information content (AvgIpc) is 2.88. The summed E-state index contributed by atoms with van der Waals surface area (Å²) in [5.41, 5.74) is 3.00. The van der Waals surface area contributed by atoms with Crippen LogP contribution in [-0.2, 0) is 0 Å². The number of hydrogen-bond acceptors (Lipinski definition) is 5. The fourth-order valence-electron chi connectivity index (χ4n) is 3.16. The summed E-state index contributed by atoms with van der Waals surface area (Å²) in [5, 5.41) is 19.3. The molecule has 0 fully saturated rings. The molecule has 0 unspecified atom stereocenters. The van der Waals surface area contributed by atoms with Crippen LogP contribution in [0, 0.1) is 0 Å². The Hall–Kier alpha value is -2.23. The molecular weight excluding hydrogens is 481 g/mol. The zero-order chi connectivity index (χ0) is 24.9. The summed E-state index contributed by atoms with van der Waals surface area (Å²) in [6.07, 6.45) is 2.05. The van der Waals surface area contributed by atoms with E-state index in [1.807, 2.05) is 52.3 Å². The van der Waals surface area contributed by atoms with E-state index in [0.29, 0.717) is 21.8 Å². The summed E-state index contributed by atoms with van der Waals surface area (Å²) in [4.78, 5) is 5.23. The minimum atomic E-state index is 0.553. The summed E-state index contributed by atoms with van der Waals surface area (Å²) in [6.45, 7) is 11.4. The van der Waals surface area contributed by atoms with E-state index in [1.54, 1.807) is 11.8 Å². The number of nitrogens with zero attached hydrogens (tertiary/aromatic N) is 6. The highest BCUT2D eigenvalue weighted by molar-refractivity contribution is 7.98. The van der Waals surface area contributed by atoms with Crippen LogP contribution >= 0.6 is 37.0 Å². The quantitative estimate of drug-likeness (QED) is 0.139. The van der Waals surface area contributed by atoms with Crippen LogP contribution in [-0.4, -0.2) is 64.0 Å². The Morgan fingerprint density at radius 3 is 1.44 bits per heavy atom. The fraction of sp³-hybridized carbons (Fsp3) is 0.360. The van der Waals surface area contributed by atoms with Crippen molar-refractivity contribution in [2.24, 2.45) is 20.4 Å². The van der Waals surface area contributed by atoms with Crippen molar-refractivity contribution < 1.29 is 0 Å². The molecule has 0 heterocycles. The van der Waals surface area contributed by atoms with E-state index in [1.165, 1.54) is 4.90 Å². The minimum absolute atomic E-state index is 0.553. The second-order valence-electron chi connectivity index (χ2n) is 7.14. The first-order valence-electron chi connectivity index (χ1n) is 11.4. The van der Waals surface area contributed by atoms with Crippen molar-refractivity contribution in [3.05, 3.63) is 65.7 Å². The molecule has 2 rings (SSSR count). The highest BCUT2D eigenvalue weighted by atomic mass is 32.2. The van der Waals surface area contributed by atoms with Gasteiger partial charge in [0.1, 0.15) is 11.4 Å². The lowest BCUT2D eigenvalue weighted by atomic mass is 10.00. The third-order valence-corrected chi connectivity index (χ3v) is 6.69. The van der Waals surface area contributed by atoms with Gasteiger partial charge >= 0.3 is 0 Å². The molecule has 0 bridgehead atoms. The van der Waals surface area contributed by atoms with Crippen molar-refractivity contribution in [3.8, 4) is 0 Å². The van der Waals surface area contributed by atoms with Crippen LogP contribution in [0.3, 0.4) is 0 Å². The molecule has 34 heavy (non-hydrogen) atoms. The van der Waals surface area contributed by atoms with E-state index < -0.39 is 0 Å². The third kappa shape index (κ3) is 7.92. The predicted molar refractivity (Wildman–Crippen MR) is 156 cm³/mol. The Labute approximate surface area is 219 Å². The largest absolute Gasteiger partial charge is 0.351 e. The van der Waals surface area contributed by atoms with Gasteiger partial charge in [-0.2, -0.15) is 0 Å². The van der Waals surface area contributed by atoms with Crippen LogP contribution in [0.5, 0.6) is 0 Å². The molecule has 0 radical (unpaired) electrons. The van der Waals surface area contributed by atoms with Gasteiger partial charge in [0.15, 0.2) is 10.3 Å². The lowest BCUT2D eigenvalue weighted by Gasteiger charge is -2.18. The third-order valence-electron chi connectivity index (χ3n) is 5.21. The van der Waals surface area contributed by atoms with Crippen molar-refractivity contribution in [1.29, 1.82) is 0 Å². The van der Waals surface area contributed by atoms with E-state index in [0.717, 1.165) is 37.3 Å². The molecule has 2 aromatic carbocycles. The number of hydrogen-bond donors (Lipinski definition) is 2. The van der Waals surface area contributed by atoms with Gasteiger partial charge in [0.2, 0.25) is 0 Å². The number of amidine groups is 2. The van der Waals surface area contributed by atoms with E-state index in [2.05, 4.69) is 91.7 Å². The van der Waals surface area contributed by atoms with Gasteiger partial charge in [-0.05, 0) is 46.1 Å². The van der Waals surface area contributed by atoms with Crippen LogP contribution in [0.25, 0.3) is 0 Å². The van der Waals surface area contributed by atoms with E-state index >= 15 is 0 Å². The second kappa shape index (κ2) is 14.9. The maximum absolute atomic E-state index is 4.65. The molecule has 0 aliphatic carbocycles. The normalized spacial score (nSPS) is 13.3. The van der Waals surface area contributed by atoms with E-state index in [4.69, 9.17) is 0 Å². The average molecular weight is 515 g/mol. The van der Waals surface area contributed by atoms with Crippen LogP contribution in [0.1, 0.15) is 38.8 Å². The Morgan fingerprint density at radius 1 is 0.647 bits per heavy atom. The standard InChI is InChI=1S/C25H34N6S3/c1-6-30(7-2)24(32)28-26-22(19-13-11-10-12-14-19)23(20-15-17-21(34-5)18-16-20)27-29-25(33)31(8-3)9-4/h10-18H,6-9H2,1-5H3,(H,28,32)(H,29,33)/b26-22+,27-23+. The van der Waals surface area contributed by atoms with Crippen molar-refractivity contribution in [2.45, 2.75) is 32.6 Å². The van der Waals surface area contributed by atoms with Gasteiger partial charge in [0.25, 0.3) is 0 Å². The number of thiol groups is 2. The first-order chi connectivity index (χ1) is 16.5. The first-order valence-corrected chi connectivity index (χ1v) is 13.5. The summed E-state index contributed by atoms with van der Waals surface area (Å²) < 4.78 is 0. The van der Waals surface area contributed by atoms with Crippen molar-refractivity contribution in [2.75, 3.05) is 32.4 Å². The molecular formula is C25H34N6S3. The number of rotatable bonds is 10. The molecule has 0 amide bonds. The Bertz CT molecular complexity index is 1010. The van der Waals surface area contributed by atoms with Gasteiger partial charge in [-0.25, -0.2) is 0 Å². The predicted octanol–water partition coefficient (Wildman–Crippen LogP) is 5.77. The van der Waals surface area contributed by atoms with Crippen LogP contribution in [0.2, 0.25) is 0 Å². The zero-order valence-electron chi connectivity index (χ0n) is 20.5. The van der Waals surface area contributed by atoms with Gasteiger partial charge in [-0.3, -0.25) is 0 Å². The molecule has 0 atom stereocenters. The molecule has 6 nitrogen and oxygen atoms in total. The molecule has 2 aromatic rings. The molecule has 9 heteroatoms. The smallest absolute Gasteiger partial charge is 0.182 e. The van der Waals surface area contributed by atoms with Gasteiger partial charge in [0.05, 0.1) is 0 Å². The van der Waals surface area contributed by atoms with Gasteiger partial charge in [0, 0.05) is 42.2 Å². The Morgan fingerprint density at radius 2 is 1.06 bits per heavy atom. The minimum Gasteiger partial charge on any atom is -0.351 e. The van der Waals surface area contributed by atoms with Gasteiger partial charge < -0.3 is 9.80 Å². The molecule has 0 aromatic heterocycles. The lowest BCUT2D eigenvalue weighted by molar-refractivity contribution is 0.473. The summed E-state index contributed by atoms with van der Waals surface area (Å²) in [7, 11) is 0. The molecule has 0 spiro atoms.